The standard InChI is InChI=1S/C28H23Cl2N3O4S/c29-21-15-16-24(30)26(17-21)33(38(36,37)22-11-5-2-6-12-22)19-27(34)32-25-14-8-7-13-23(25)28(35)31-18-20-9-3-1-4-10-20/h1-17H,18-19H2,(H,31,35)(H,32,34). The monoisotopic (exact) mass is 567 g/mol. The van der Waals surface area contributed by atoms with E-state index in [1.165, 1.54) is 30.3 Å². The Morgan fingerprint density at radius 2 is 1.42 bits per heavy atom. The Morgan fingerprint density at radius 1 is 0.789 bits per heavy atom. The number of rotatable bonds is 9. The number of carbonyl (C=O) groups excluding carboxylic acids is 2. The normalized spacial score (nSPS) is 11.0. The maximum Gasteiger partial charge on any atom is 0.264 e. The minimum atomic E-state index is -4.20. The van der Waals surface area contributed by atoms with Crippen LogP contribution in [0.1, 0.15) is 15.9 Å². The van der Waals surface area contributed by atoms with Gasteiger partial charge in [-0.3, -0.25) is 13.9 Å². The number of halogens is 2. The van der Waals surface area contributed by atoms with Crippen LogP contribution in [-0.4, -0.2) is 26.8 Å². The maximum absolute atomic E-state index is 13.6. The molecule has 0 aromatic heterocycles. The van der Waals surface area contributed by atoms with Crippen LogP contribution >= 0.6 is 23.2 Å². The van der Waals surface area contributed by atoms with Crippen molar-refractivity contribution in [3.63, 3.8) is 0 Å². The zero-order chi connectivity index (χ0) is 27.1. The third-order valence-electron chi connectivity index (χ3n) is 5.54. The highest BCUT2D eigenvalue weighted by molar-refractivity contribution is 7.92. The summed E-state index contributed by atoms with van der Waals surface area (Å²) in [6.07, 6.45) is 0. The van der Waals surface area contributed by atoms with Gasteiger partial charge in [-0.25, -0.2) is 8.42 Å². The van der Waals surface area contributed by atoms with Crippen molar-refractivity contribution >= 4 is 56.4 Å². The lowest BCUT2D eigenvalue weighted by Gasteiger charge is -2.25. The number of hydrogen-bond donors (Lipinski definition) is 2. The molecule has 0 heterocycles. The van der Waals surface area contributed by atoms with Crippen LogP contribution in [0.3, 0.4) is 0 Å². The van der Waals surface area contributed by atoms with E-state index in [0.29, 0.717) is 6.54 Å². The summed E-state index contributed by atoms with van der Waals surface area (Å²) in [6, 6.07) is 27.9. The summed E-state index contributed by atoms with van der Waals surface area (Å²) >= 11 is 12.5. The van der Waals surface area contributed by atoms with Crippen LogP contribution in [0.15, 0.2) is 108 Å². The van der Waals surface area contributed by atoms with Gasteiger partial charge in [0.1, 0.15) is 6.54 Å². The summed E-state index contributed by atoms with van der Waals surface area (Å²) in [5.74, 6) is -1.07. The van der Waals surface area contributed by atoms with Crippen LogP contribution in [0.4, 0.5) is 11.4 Å². The second kappa shape index (κ2) is 12.1. The predicted octanol–water partition coefficient (Wildman–Crippen LogP) is 5.76. The first-order valence-corrected chi connectivity index (χ1v) is 13.7. The Labute approximate surface area is 231 Å². The van der Waals surface area contributed by atoms with E-state index in [9.17, 15) is 18.0 Å². The number of anilines is 2. The van der Waals surface area contributed by atoms with E-state index in [1.807, 2.05) is 30.3 Å². The van der Waals surface area contributed by atoms with E-state index in [4.69, 9.17) is 23.2 Å². The molecular formula is C28H23Cl2N3O4S. The molecule has 0 atom stereocenters. The lowest BCUT2D eigenvalue weighted by molar-refractivity contribution is -0.114. The molecule has 0 aliphatic carbocycles. The minimum Gasteiger partial charge on any atom is -0.348 e. The maximum atomic E-state index is 13.6. The minimum absolute atomic E-state index is 0.0236. The molecule has 7 nitrogen and oxygen atoms in total. The molecule has 0 spiro atoms. The van der Waals surface area contributed by atoms with Crippen molar-refractivity contribution in [3.05, 3.63) is 124 Å². The Morgan fingerprint density at radius 3 is 2.13 bits per heavy atom. The van der Waals surface area contributed by atoms with Gasteiger partial charge in [-0.05, 0) is 48.0 Å². The van der Waals surface area contributed by atoms with Gasteiger partial charge in [0, 0.05) is 11.6 Å². The fourth-order valence-electron chi connectivity index (χ4n) is 3.68. The van der Waals surface area contributed by atoms with Gasteiger partial charge in [0.2, 0.25) is 5.91 Å². The van der Waals surface area contributed by atoms with Gasteiger partial charge < -0.3 is 10.6 Å². The van der Waals surface area contributed by atoms with Crippen LogP contribution < -0.4 is 14.9 Å². The molecule has 2 amide bonds. The molecule has 0 unspecified atom stereocenters. The summed E-state index contributed by atoms with van der Waals surface area (Å²) in [7, 11) is -4.20. The summed E-state index contributed by atoms with van der Waals surface area (Å²) < 4.78 is 28.0. The largest absolute Gasteiger partial charge is 0.348 e. The van der Waals surface area contributed by atoms with Crippen molar-refractivity contribution in [2.24, 2.45) is 0 Å². The fourth-order valence-corrected chi connectivity index (χ4v) is 5.57. The molecule has 0 aliphatic rings. The predicted molar refractivity (Wildman–Crippen MR) is 150 cm³/mol. The number of benzene rings is 4. The third-order valence-corrected chi connectivity index (χ3v) is 7.87. The molecule has 38 heavy (non-hydrogen) atoms. The van der Waals surface area contributed by atoms with Crippen molar-refractivity contribution in [1.82, 2.24) is 5.32 Å². The van der Waals surface area contributed by atoms with Crippen LogP contribution in [0, 0.1) is 0 Å². The fraction of sp³-hybridized carbons (Fsp3) is 0.0714. The van der Waals surface area contributed by atoms with E-state index in [-0.39, 0.29) is 31.9 Å². The lowest BCUT2D eigenvalue weighted by atomic mass is 10.1. The van der Waals surface area contributed by atoms with Crippen LogP contribution in [0.25, 0.3) is 0 Å². The van der Waals surface area contributed by atoms with Gasteiger partial charge in [-0.1, -0.05) is 83.9 Å². The number of amides is 2. The highest BCUT2D eigenvalue weighted by Crippen LogP contribution is 2.33. The van der Waals surface area contributed by atoms with Crippen molar-refractivity contribution in [1.29, 1.82) is 0 Å². The number of carbonyl (C=O) groups is 2. The molecule has 10 heteroatoms. The molecule has 0 saturated heterocycles. The van der Waals surface area contributed by atoms with E-state index < -0.39 is 28.4 Å². The topological polar surface area (TPSA) is 95.6 Å². The Bertz CT molecular complexity index is 1550. The van der Waals surface area contributed by atoms with Gasteiger partial charge in [-0.15, -0.1) is 0 Å². The number of hydrogen-bond acceptors (Lipinski definition) is 4. The quantitative estimate of drug-likeness (QED) is 0.269. The Hall–Kier alpha value is -3.85. The average Bonchev–Trinajstić information content (AvgIpc) is 2.93. The lowest BCUT2D eigenvalue weighted by Crippen LogP contribution is -2.38. The Kier molecular flexibility index (Phi) is 8.68. The molecule has 0 saturated carbocycles. The van der Waals surface area contributed by atoms with Crippen molar-refractivity contribution in [2.45, 2.75) is 11.4 Å². The Balaban J connectivity index is 1.59. The molecule has 4 aromatic rings. The van der Waals surface area contributed by atoms with E-state index in [0.717, 1.165) is 9.87 Å². The zero-order valence-corrected chi connectivity index (χ0v) is 22.3. The average molecular weight is 568 g/mol. The van der Waals surface area contributed by atoms with Crippen LogP contribution in [-0.2, 0) is 21.4 Å². The second-order valence-corrected chi connectivity index (χ2v) is 10.9. The smallest absolute Gasteiger partial charge is 0.264 e. The second-order valence-electron chi connectivity index (χ2n) is 8.18. The summed E-state index contributed by atoms with van der Waals surface area (Å²) in [4.78, 5) is 26.1. The summed E-state index contributed by atoms with van der Waals surface area (Å²) in [5, 5.41) is 5.84. The molecule has 2 N–H and O–H groups in total. The number of para-hydroxylation sites is 1. The van der Waals surface area contributed by atoms with Gasteiger partial charge >= 0.3 is 0 Å². The van der Waals surface area contributed by atoms with Gasteiger partial charge in [0.25, 0.3) is 15.9 Å². The van der Waals surface area contributed by atoms with E-state index in [2.05, 4.69) is 10.6 Å². The highest BCUT2D eigenvalue weighted by atomic mass is 35.5. The molecular weight excluding hydrogens is 545 g/mol. The summed E-state index contributed by atoms with van der Waals surface area (Å²) in [6.45, 7) is -0.310. The molecule has 194 valence electrons. The van der Waals surface area contributed by atoms with Crippen molar-refractivity contribution in [3.8, 4) is 0 Å². The van der Waals surface area contributed by atoms with Gasteiger partial charge in [-0.2, -0.15) is 0 Å². The van der Waals surface area contributed by atoms with Gasteiger partial charge in [0.15, 0.2) is 0 Å². The van der Waals surface area contributed by atoms with Gasteiger partial charge in [0.05, 0.1) is 26.9 Å². The summed E-state index contributed by atoms with van der Waals surface area (Å²) in [5.41, 5.74) is 1.43. The highest BCUT2D eigenvalue weighted by Gasteiger charge is 2.29. The molecule has 4 aromatic carbocycles. The number of nitrogens with zero attached hydrogens (tertiary/aromatic N) is 1. The first-order valence-electron chi connectivity index (χ1n) is 11.5. The zero-order valence-electron chi connectivity index (χ0n) is 20.0. The number of nitrogens with one attached hydrogen (secondary N) is 2. The van der Waals surface area contributed by atoms with Crippen molar-refractivity contribution < 1.29 is 18.0 Å². The SMILES string of the molecule is O=C(CN(c1cc(Cl)ccc1Cl)S(=O)(=O)c1ccccc1)Nc1ccccc1C(=O)NCc1ccccc1. The molecule has 4 rings (SSSR count). The van der Waals surface area contributed by atoms with E-state index >= 15 is 0 Å². The van der Waals surface area contributed by atoms with Crippen LogP contribution in [0.5, 0.6) is 0 Å². The molecule has 0 radical (unpaired) electrons. The van der Waals surface area contributed by atoms with E-state index in [1.54, 1.807) is 42.5 Å². The number of sulfonamides is 1. The molecule has 0 fully saturated rings. The molecule has 0 bridgehead atoms. The molecule has 0 aliphatic heterocycles. The van der Waals surface area contributed by atoms with Crippen molar-refractivity contribution in [2.75, 3.05) is 16.2 Å². The van der Waals surface area contributed by atoms with Crippen LogP contribution in [0.2, 0.25) is 10.0 Å². The first kappa shape index (κ1) is 27.2. The third kappa shape index (κ3) is 6.52. The first-order chi connectivity index (χ1) is 18.3.